The van der Waals surface area contributed by atoms with Crippen LogP contribution in [-0.4, -0.2) is 34.5 Å². The Morgan fingerprint density at radius 2 is 0.808 bits per heavy atom. The van der Waals surface area contributed by atoms with Crippen molar-refractivity contribution < 1.29 is 46.1 Å². The van der Waals surface area contributed by atoms with Gasteiger partial charge in [-0.15, -0.1) is 0 Å². The molecule has 0 unspecified atom stereocenters. The number of carboxylic acids is 2. The highest BCUT2D eigenvalue weighted by atomic mass is 19.4. The third kappa shape index (κ3) is 7.03. The summed E-state index contributed by atoms with van der Waals surface area (Å²) >= 11 is 0. The number of rotatable bonds is 2. The number of aliphatic carboxylic acids is 2. The van der Waals surface area contributed by atoms with Crippen molar-refractivity contribution in [2.24, 2.45) is 23.7 Å². The largest absolute Gasteiger partial charge is 0.481 e. The standard InChI is InChI=1S/2C8H11F3O2/c2*9-8(10,11)6-3-1-5(2-4-6)7(12)13/h2*5-6H,1-4H2,(H,12,13). The van der Waals surface area contributed by atoms with Gasteiger partial charge < -0.3 is 10.2 Å². The van der Waals surface area contributed by atoms with E-state index in [1.807, 2.05) is 0 Å². The lowest BCUT2D eigenvalue weighted by atomic mass is 9.82. The molecule has 2 aliphatic carbocycles. The lowest BCUT2D eigenvalue weighted by Crippen LogP contribution is -2.30. The molecule has 2 N–H and O–H groups in total. The quantitative estimate of drug-likeness (QED) is 0.657. The second kappa shape index (κ2) is 8.94. The van der Waals surface area contributed by atoms with Gasteiger partial charge in [0, 0.05) is 0 Å². The fourth-order valence-corrected chi connectivity index (χ4v) is 3.34. The Balaban J connectivity index is 0.000000260. The highest BCUT2D eigenvalue weighted by molar-refractivity contribution is 5.70. The molecule has 0 amide bonds. The Morgan fingerprint density at radius 1 is 0.577 bits per heavy atom. The molecular formula is C16H22F6O4. The predicted molar refractivity (Wildman–Crippen MR) is 78.3 cm³/mol. The first-order valence-corrected chi connectivity index (χ1v) is 8.41. The van der Waals surface area contributed by atoms with E-state index in [-0.39, 0.29) is 51.4 Å². The summed E-state index contributed by atoms with van der Waals surface area (Å²) in [6, 6.07) is 0. The average Bonchev–Trinajstić information content (AvgIpc) is 2.54. The molecule has 10 heteroatoms. The third-order valence-corrected chi connectivity index (χ3v) is 5.08. The van der Waals surface area contributed by atoms with Crippen LogP contribution >= 0.6 is 0 Å². The van der Waals surface area contributed by atoms with Gasteiger partial charge in [0.1, 0.15) is 0 Å². The summed E-state index contributed by atoms with van der Waals surface area (Å²) in [5, 5.41) is 17.1. The van der Waals surface area contributed by atoms with Crippen molar-refractivity contribution in [2.75, 3.05) is 0 Å². The average molecular weight is 392 g/mol. The second-order valence-electron chi connectivity index (χ2n) is 6.86. The minimum atomic E-state index is -4.15. The first-order valence-electron chi connectivity index (χ1n) is 8.41. The summed E-state index contributed by atoms with van der Waals surface area (Å²) in [4.78, 5) is 20.9. The summed E-state index contributed by atoms with van der Waals surface area (Å²) in [6.45, 7) is 0. The molecule has 0 aromatic carbocycles. The normalized spacial score (nSPS) is 30.1. The van der Waals surface area contributed by atoms with Gasteiger partial charge in [-0.05, 0) is 51.4 Å². The number of hydrogen-bond acceptors (Lipinski definition) is 2. The fourth-order valence-electron chi connectivity index (χ4n) is 3.34. The van der Waals surface area contributed by atoms with E-state index >= 15 is 0 Å². The maximum absolute atomic E-state index is 12.1. The van der Waals surface area contributed by atoms with Crippen molar-refractivity contribution in [3.63, 3.8) is 0 Å². The number of halogens is 6. The molecule has 152 valence electrons. The van der Waals surface area contributed by atoms with E-state index < -0.39 is 48.0 Å². The summed E-state index contributed by atoms with van der Waals surface area (Å²) in [7, 11) is 0. The molecule has 0 aliphatic heterocycles. The summed E-state index contributed by atoms with van der Waals surface area (Å²) in [6.07, 6.45) is -7.85. The number of hydrogen-bond donors (Lipinski definition) is 2. The van der Waals surface area contributed by atoms with E-state index in [0.717, 1.165) is 0 Å². The zero-order valence-electron chi connectivity index (χ0n) is 13.9. The minimum Gasteiger partial charge on any atom is -0.481 e. The van der Waals surface area contributed by atoms with Gasteiger partial charge in [0.15, 0.2) is 0 Å². The van der Waals surface area contributed by atoms with Gasteiger partial charge >= 0.3 is 24.3 Å². The summed E-state index contributed by atoms with van der Waals surface area (Å²) in [5.41, 5.74) is 0. The van der Waals surface area contributed by atoms with E-state index in [0.29, 0.717) is 0 Å². The van der Waals surface area contributed by atoms with Gasteiger partial charge in [-0.25, -0.2) is 0 Å². The van der Waals surface area contributed by atoms with Crippen LogP contribution in [0.3, 0.4) is 0 Å². The number of alkyl halides is 6. The SMILES string of the molecule is O=C(O)C1CCC(C(F)(F)F)CC1.O=C(O)C1CCC(C(F)(F)F)CC1. The minimum absolute atomic E-state index is 0.0412. The van der Waals surface area contributed by atoms with E-state index in [4.69, 9.17) is 10.2 Å². The van der Waals surface area contributed by atoms with Crippen LogP contribution in [0.5, 0.6) is 0 Å². The summed E-state index contributed by atoms with van der Waals surface area (Å²) < 4.78 is 72.7. The maximum Gasteiger partial charge on any atom is 0.391 e. The van der Waals surface area contributed by atoms with Gasteiger partial charge in [-0.2, -0.15) is 26.3 Å². The Kier molecular flexibility index (Phi) is 7.76. The molecule has 0 radical (unpaired) electrons. The Bertz CT molecular complexity index is 428. The van der Waals surface area contributed by atoms with Crippen LogP contribution in [0.1, 0.15) is 51.4 Å². The molecule has 2 rings (SSSR count). The highest BCUT2D eigenvalue weighted by Gasteiger charge is 2.43. The Hall–Kier alpha value is -1.48. The first kappa shape index (κ1) is 22.6. The van der Waals surface area contributed by atoms with E-state index in [2.05, 4.69) is 0 Å². The van der Waals surface area contributed by atoms with Gasteiger partial charge in [-0.3, -0.25) is 9.59 Å². The van der Waals surface area contributed by atoms with Crippen molar-refractivity contribution >= 4 is 11.9 Å². The molecule has 2 fully saturated rings. The molecule has 4 nitrogen and oxygen atoms in total. The lowest BCUT2D eigenvalue weighted by Gasteiger charge is -2.27. The van der Waals surface area contributed by atoms with E-state index in [9.17, 15) is 35.9 Å². The van der Waals surface area contributed by atoms with Gasteiger partial charge in [0.05, 0.1) is 23.7 Å². The first-order chi connectivity index (χ1) is 11.8. The van der Waals surface area contributed by atoms with Crippen LogP contribution in [0.25, 0.3) is 0 Å². The van der Waals surface area contributed by atoms with Crippen molar-refractivity contribution in [1.82, 2.24) is 0 Å². The number of carbonyl (C=O) groups is 2. The van der Waals surface area contributed by atoms with Crippen molar-refractivity contribution in [3.8, 4) is 0 Å². The van der Waals surface area contributed by atoms with Crippen LogP contribution in [0.4, 0.5) is 26.3 Å². The Labute approximate surface area is 146 Å². The van der Waals surface area contributed by atoms with Crippen LogP contribution in [0.15, 0.2) is 0 Å². The zero-order valence-corrected chi connectivity index (χ0v) is 13.9. The Morgan fingerprint density at radius 3 is 0.962 bits per heavy atom. The maximum atomic E-state index is 12.1. The molecule has 0 aromatic heterocycles. The zero-order chi connectivity index (χ0) is 20.1. The molecule has 0 atom stereocenters. The molecule has 0 aromatic rings. The van der Waals surface area contributed by atoms with Crippen LogP contribution in [-0.2, 0) is 9.59 Å². The molecule has 26 heavy (non-hydrogen) atoms. The third-order valence-electron chi connectivity index (χ3n) is 5.08. The fraction of sp³-hybridized carbons (Fsp3) is 0.875. The summed E-state index contributed by atoms with van der Waals surface area (Å²) in [5.74, 6) is -5.66. The monoisotopic (exact) mass is 392 g/mol. The second-order valence-corrected chi connectivity index (χ2v) is 6.86. The van der Waals surface area contributed by atoms with Gasteiger partial charge in [-0.1, -0.05) is 0 Å². The smallest absolute Gasteiger partial charge is 0.391 e. The molecule has 0 spiro atoms. The van der Waals surface area contributed by atoms with E-state index in [1.165, 1.54) is 0 Å². The topological polar surface area (TPSA) is 74.6 Å². The number of carboxylic acid groups (broad SMARTS) is 2. The molecule has 0 heterocycles. The van der Waals surface area contributed by atoms with Gasteiger partial charge in [0.25, 0.3) is 0 Å². The molecule has 2 saturated carbocycles. The predicted octanol–water partition coefficient (Wildman–Crippen LogP) is 4.88. The van der Waals surface area contributed by atoms with Crippen LogP contribution in [0, 0.1) is 23.7 Å². The van der Waals surface area contributed by atoms with Gasteiger partial charge in [0.2, 0.25) is 0 Å². The molecular weight excluding hydrogens is 370 g/mol. The molecule has 2 aliphatic rings. The van der Waals surface area contributed by atoms with Crippen LogP contribution in [0.2, 0.25) is 0 Å². The molecule has 0 bridgehead atoms. The van der Waals surface area contributed by atoms with Crippen molar-refractivity contribution in [2.45, 2.75) is 63.7 Å². The lowest BCUT2D eigenvalue weighted by molar-refractivity contribution is -0.186. The molecule has 0 saturated heterocycles. The van der Waals surface area contributed by atoms with Crippen LogP contribution < -0.4 is 0 Å². The van der Waals surface area contributed by atoms with Crippen molar-refractivity contribution in [1.29, 1.82) is 0 Å². The van der Waals surface area contributed by atoms with E-state index in [1.54, 1.807) is 0 Å². The highest BCUT2D eigenvalue weighted by Crippen LogP contribution is 2.40. The van der Waals surface area contributed by atoms with Crippen molar-refractivity contribution in [3.05, 3.63) is 0 Å².